The number of nitrogens with one attached hydrogen (secondary N) is 2. The standard InChI is InChI=1S/C25H27ClN2O5S/c26-22-10-9-21(34-22)24(30)28-12-11-27-23(29)18-2-1-17-14-20(8-5-16(17)13-18)33-19-6-3-15(4-7-19)25(31)32/h1-2,5,8,10,13-15,19,21H,3-4,6-7,9,11-12H2,(H,27,29)(H,28,30)(H,31,32)/t15-,19+,21?. The van der Waals surface area contributed by atoms with Crippen molar-refractivity contribution in [2.75, 3.05) is 13.1 Å². The minimum Gasteiger partial charge on any atom is -0.490 e. The van der Waals surface area contributed by atoms with Gasteiger partial charge in [0.15, 0.2) is 0 Å². The van der Waals surface area contributed by atoms with Crippen LogP contribution >= 0.6 is 23.4 Å². The molecule has 2 aromatic rings. The van der Waals surface area contributed by atoms with Gasteiger partial charge in [-0.2, -0.15) is 0 Å². The van der Waals surface area contributed by atoms with Crippen LogP contribution in [0.5, 0.6) is 5.75 Å². The van der Waals surface area contributed by atoms with Crippen LogP contribution in [-0.2, 0) is 9.59 Å². The van der Waals surface area contributed by atoms with Gasteiger partial charge in [0, 0.05) is 18.7 Å². The van der Waals surface area contributed by atoms with Gasteiger partial charge in [-0.1, -0.05) is 29.8 Å². The molecule has 0 saturated heterocycles. The van der Waals surface area contributed by atoms with Gasteiger partial charge in [0.25, 0.3) is 5.91 Å². The molecular weight excluding hydrogens is 476 g/mol. The molecule has 2 aromatic carbocycles. The van der Waals surface area contributed by atoms with Crippen molar-refractivity contribution >= 4 is 51.9 Å². The number of fused-ring (bicyclic) bond motifs is 1. The lowest BCUT2D eigenvalue weighted by atomic mass is 9.87. The molecule has 3 N–H and O–H groups in total. The number of carbonyl (C=O) groups excluding carboxylic acids is 2. The number of amides is 2. The minimum atomic E-state index is -0.722. The largest absolute Gasteiger partial charge is 0.490 e. The highest BCUT2D eigenvalue weighted by Crippen LogP contribution is 2.34. The smallest absolute Gasteiger partial charge is 0.306 e. The SMILES string of the molecule is O=C(NCCNC(=O)C1CC=C(Cl)S1)c1ccc2cc(O[C@H]3CC[C@@H](C(=O)O)CC3)ccc2c1. The molecular formula is C25H27ClN2O5S. The van der Waals surface area contributed by atoms with Crippen LogP contribution in [-0.4, -0.2) is 47.3 Å². The maximum Gasteiger partial charge on any atom is 0.306 e. The van der Waals surface area contributed by atoms with Crippen molar-refractivity contribution in [2.24, 2.45) is 5.92 Å². The first-order valence-corrected chi connectivity index (χ1v) is 12.7. The van der Waals surface area contributed by atoms with Crippen molar-refractivity contribution in [2.45, 2.75) is 43.5 Å². The van der Waals surface area contributed by atoms with Crippen molar-refractivity contribution in [1.29, 1.82) is 0 Å². The van der Waals surface area contributed by atoms with E-state index < -0.39 is 5.97 Å². The van der Waals surface area contributed by atoms with E-state index in [1.807, 2.05) is 36.4 Å². The Morgan fingerprint density at radius 1 is 1.00 bits per heavy atom. The van der Waals surface area contributed by atoms with E-state index in [2.05, 4.69) is 10.6 Å². The van der Waals surface area contributed by atoms with E-state index in [0.717, 1.165) is 29.4 Å². The quantitative estimate of drug-likeness (QED) is 0.465. The maximum atomic E-state index is 12.5. The minimum absolute atomic E-state index is 0.0269. The molecule has 1 atom stereocenters. The zero-order valence-corrected chi connectivity index (χ0v) is 20.2. The lowest BCUT2D eigenvalue weighted by Crippen LogP contribution is -2.38. The molecule has 1 aliphatic carbocycles. The van der Waals surface area contributed by atoms with E-state index in [9.17, 15) is 14.4 Å². The molecule has 1 heterocycles. The van der Waals surface area contributed by atoms with Crippen LogP contribution in [0.15, 0.2) is 46.8 Å². The van der Waals surface area contributed by atoms with Crippen LogP contribution in [0, 0.1) is 5.92 Å². The third-order valence-corrected chi connectivity index (χ3v) is 7.65. The molecule has 1 unspecified atom stereocenters. The van der Waals surface area contributed by atoms with E-state index >= 15 is 0 Å². The molecule has 1 saturated carbocycles. The summed E-state index contributed by atoms with van der Waals surface area (Å²) in [4.78, 5) is 35.7. The molecule has 4 rings (SSSR count). The second-order valence-electron chi connectivity index (χ2n) is 8.55. The number of rotatable bonds is 8. The van der Waals surface area contributed by atoms with Gasteiger partial charge in [0.2, 0.25) is 5.91 Å². The fraction of sp³-hybridized carbons (Fsp3) is 0.400. The predicted octanol–water partition coefficient (Wildman–Crippen LogP) is 4.29. The summed E-state index contributed by atoms with van der Waals surface area (Å²) < 4.78 is 6.72. The number of aliphatic carboxylic acids is 1. The number of hydrogen-bond donors (Lipinski definition) is 3. The third kappa shape index (κ3) is 6.24. The Balaban J connectivity index is 1.25. The Morgan fingerprint density at radius 2 is 1.71 bits per heavy atom. The fourth-order valence-electron chi connectivity index (χ4n) is 4.23. The van der Waals surface area contributed by atoms with Gasteiger partial charge < -0.3 is 20.5 Å². The first-order valence-electron chi connectivity index (χ1n) is 11.4. The first kappa shape index (κ1) is 24.4. The van der Waals surface area contributed by atoms with Crippen LogP contribution in [0.4, 0.5) is 0 Å². The molecule has 180 valence electrons. The summed E-state index contributed by atoms with van der Waals surface area (Å²) in [6, 6.07) is 11.2. The zero-order valence-electron chi connectivity index (χ0n) is 18.6. The molecule has 2 amide bonds. The number of hydrogen-bond acceptors (Lipinski definition) is 5. The van der Waals surface area contributed by atoms with Crippen molar-refractivity contribution in [3.63, 3.8) is 0 Å². The van der Waals surface area contributed by atoms with Crippen LogP contribution in [0.2, 0.25) is 0 Å². The van der Waals surface area contributed by atoms with Crippen molar-refractivity contribution < 1.29 is 24.2 Å². The van der Waals surface area contributed by atoms with Crippen molar-refractivity contribution in [1.82, 2.24) is 10.6 Å². The molecule has 1 aliphatic heterocycles. The molecule has 0 spiro atoms. The van der Waals surface area contributed by atoms with E-state index in [1.54, 1.807) is 6.07 Å². The lowest BCUT2D eigenvalue weighted by Gasteiger charge is -2.26. The maximum absolute atomic E-state index is 12.5. The summed E-state index contributed by atoms with van der Waals surface area (Å²) in [5, 5.41) is 16.5. The summed E-state index contributed by atoms with van der Waals surface area (Å²) in [5.74, 6) is -0.521. The molecule has 0 aromatic heterocycles. The van der Waals surface area contributed by atoms with Gasteiger partial charge in [-0.25, -0.2) is 0 Å². The highest BCUT2D eigenvalue weighted by Gasteiger charge is 2.27. The fourth-order valence-corrected chi connectivity index (χ4v) is 5.49. The molecule has 0 radical (unpaired) electrons. The van der Waals surface area contributed by atoms with E-state index in [1.165, 1.54) is 11.8 Å². The zero-order chi connectivity index (χ0) is 24.1. The summed E-state index contributed by atoms with van der Waals surface area (Å²) in [6.07, 6.45) is 5.23. The lowest BCUT2D eigenvalue weighted by molar-refractivity contribution is -0.143. The summed E-state index contributed by atoms with van der Waals surface area (Å²) >= 11 is 7.24. The number of carboxylic acid groups (broad SMARTS) is 1. The van der Waals surface area contributed by atoms with Crippen LogP contribution < -0.4 is 15.4 Å². The normalized spacial score (nSPS) is 22.1. The predicted molar refractivity (Wildman–Crippen MR) is 133 cm³/mol. The topological polar surface area (TPSA) is 105 Å². The van der Waals surface area contributed by atoms with Gasteiger partial charge >= 0.3 is 5.97 Å². The van der Waals surface area contributed by atoms with Crippen LogP contribution in [0.25, 0.3) is 10.8 Å². The number of carboxylic acids is 1. The summed E-state index contributed by atoms with van der Waals surface area (Å²) in [6.45, 7) is 0.681. The number of carbonyl (C=O) groups is 3. The number of allylic oxidation sites excluding steroid dienone is 1. The van der Waals surface area contributed by atoms with E-state index in [-0.39, 0.29) is 29.1 Å². The summed E-state index contributed by atoms with van der Waals surface area (Å²) in [7, 11) is 0. The van der Waals surface area contributed by atoms with Gasteiger partial charge in [-0.3, -0.25) is 14.4 Å². The number of halogens is 1. The number of thioether (sulfide) groups is 1. The van der Waals surface area contributed by atoms with E-state index in [4.69, 9.17) is 21.4 Å². The highest BCUT2D eigenvalue weighted by atomic mass is 35.5. The van der Waals surface area contributed by atoms with Gasteiger partial charge in [-0.05, 0) is 67.1 Å². The molecule has 2 aliphatic rings. The Kier molecular flexibility index (Phi) is 8.00. The number of benzene rings is 2. The first-order chi connectivity index (χ1) is 16.4. The molecule has 1 fully saturated rings. The Morgan fingerprint density at radius 3 is 2.41 bits per heavy atom. The van der Waals surface area contributed by atoms with Crippen LogP contribution in [0.3, 0.4) is 0 Å². The van der Waals surface area contributed by atoms with Gasteiger partial charge in [0.05, 0.1) is 21.6 Å². The van der Waals surface area contributed by atoms with Crippen molar-refractivity contribution in [3.05, 3.63) is 52.4 Å². The summed E-state index contributed by atoms with van der Waals surface area (Å²) in [5.41, 5.74) is 0.543. The molecule has 0 bridgehead atoms. The number of ether oxygens (including phenoxy) is 1. The third-order valence-electron chi connectivity index (χ3n) is 6.15. The average molecular weight is 503 g/mol. The van der Waals surface area contributed by atoms with Gasteiger partial charge in [0.1, 0.15) is 5.75 Å². The highest BCUT2D eigenvalue weighted by molar-refractivity contribution is 8.06. The van der Waals surface area contributed by atoms with Crippen LogP contribution in [0.1, 0.15) is 42.5 Å². The second kappa shape index (κ2) is 11.1. The average Bonchev–Trinajstić information content (AvgIpc) is 3.28. The molecule has 7 nitrogen and oxygen atoms in total. The molecule has 34 heavy (non-hydrogen) atoms. The second-order valence-corrected chi connectivity index (χ2v) is 10.4. The van der Waals surface area contributed by atoms with Gasteiger partial charge in [-0.15, -0.1) is 11.8 Å². The Bertz CT molecular complexity index is 1110. The molecule has 9 heteroatoms. The van der Waals surface area contributed by atoms with E-state index in [0.29, 0.717) is 42.3 Å². The monoisotopic (exact) mass is 502 g/mol. The Labute approximate surface area is 207 Å². The Hall–Kier alpha value is -2.71. The van der Waals surface area contributed by atoms with Crippen molar-refractivity contribution in [3.8, 4) is 5.75 Å².